The van der Waals surface area contributed by atoms with E-state index in [0.29, 0.717) is 12.5 Å². The van der Waals surface area contributed by atoms with Crippen molar-refractivity contribution < 1.29 is 18.4 Å². The van der Waals surface area contributed by atoms with E-state index in [0.717, 1.165) is 48.2 Å². The first kappa shape index (κ1) is 20.8. The molecule has 1 spiro atoms. The Kier molecular flexibility index (Phi) is 5.08. The molecule has 166 valence electrons. The first-order chi connectivity index (χ1) is 15.4. The third kappa shape index (κ3) is 3.50. The lowest BCUT2D eigenvalue weighted by molar-refractivity contribution is -0.125. The number of halogens is 2. The van der Waals surface area contributed by atoms with Gasteiger partial charge >= 0.3 is 0 Å². The number of hydrogen-bond donors (Lipinski definition) is 1. The van der Waals surface area contributed by atoms with Crippen LogP contribution >= 0.6 is 11.3 Å². The van der Waals surface area contributed by atoms with Gasteiger partial charge in [-0.05, 0) is 55.0 Å². The number of anilines is 1. The van der Waals surface area contributed by atoms with Gasteiger partial charge in [-0.25, -0.2) is 13.8 Å². The zero-order valence-corrected chi connectivity index (χ0v) is 18.1. The number of carbonyl (C=O) groups excluding carboxylic acids is 2. The van der Waals surface area contributed by atoms with E-state index < -0.39 is 12.3 Å². The number of nitrogens with zero attached hydrogens (tertiary/aromatic N) is 3. The SMILES string of the molecule is C=CC(=O)N1CC[C@]2(C1)C[C@H](n1c(NC(=O)c3ccc(C(F)F)s3)nc3ccccc31)C2. The van der Waals surface area contributed by atoms with E-state index in [1.165, 1.54) is 18.2 Å². The van der Waals surface area contributed by atoms with Crippen LogP contribution in [-0.2, 0) is 4.79 Å². The summed E-state index contributed by atoms with van der Waals surface area (Å²) in [6, 6.07) is 10.5. The van der Waals surface area contributed by atoms with Crippen molar-refractivity contribution in [3.8, 4) is 0 Å². The molecule has 2 amide bonds. The molecular weight excluding hydrogens is 434 g/mol. The van der Waals surface area contributed by atoms with E-state index >= 15 is 0 Å². The van der Waals surface area contributed by atoms with Crippen LogP contribution in [0, 0.1) is 5.41 Å². The van der Waals surface area contributed by atoms with E-state index in [1.54, 1.807) is 0 Å². The normalized spacial score (nSPS) is 22.5. The Morgan fingerprint density at radius 1 is 1.25 bits per heavy atom. The molecule has 0 radical (unpaired) electrons. The predicted molar refractivity (Wildman–Crippen MR) is 119 cm³/mol. The van der Waals surface area contributed by atoms with Gasteiger partial charge in [-0.15, -0.1) is 11.3 Å². The van der Waals surface area contributed by atoms with Crippen LogP contribution in [0.2, 0.25) is 0 Å². The number of fused-ring (bicyclic) bond motifs is 1. The monoisotopic (exact) mass is 456 g/mol. The summed E-state index contributed by atoms with van der Waals surface area (Å²) in [4.78, 5) is 31.3. The van der Waals surface area contributed by atoms with Crippen molar-refractivity contribution in [3.05, 3.63) is 58.8 Å². The maximum Gasteiger partial charge on any atom is 0.272 e. The summed E-state index contributed by atoms with van der Waals surface area (Å²) in [5, 5.41) is 2.83. The number of alkyl halides is 2. The zero-order valence-electron chi connectivity index (χ0n) is 17.3. The van der Waals surface area contributed by atoms with E-state index in [4.69, 9.17) is 0 Å². The molecule has 1 aliphatic heterocycles. The maximum absolute atomic E-state index is 12.9. The van der Waals surface area contributed by atoms with E-state index in [2.05, 4.69) is 16.9 Å². The van der Waals surface area contributed by atoms with Crippen LogP contribution in [0.3, 0.4) is 0 Å². The molecule has 0 bridgehead atoms. The van der Waals surface area contributed by atoms with Crippen LogP contribution in [0.15, 0.2) is 49.1 Å². The highest BCUT2D eigenvalue weighted by Crippen LogP contribution is 2.55. The van der Waals surface area contributed by atoms with E-state index in [-0.39, 0.29) is 27.1 Å². The van der Waals surface area contributed by atoms with Gasteiger partial charge in [-0.3, -0.25) is 14.9 Å². The smallest absolute Gasteiger partial charge is 0.272 e. The molecule has 2 aliphatic rings. The molecule has 1 saturated carbocycles. The summed E-state index contributed by atoms with van der Waals surface area (Å²) < 4.78 is 27.9. The number of carbonyl (C=O) groups is 2. The summed E-state index contributed by atoms with van der Waals surface area (Å²) in [7, 11) is 0. The average molecular weight is 457 g/mol. The number of nitrogens with one attached hydrogen (secondary N) is 1. The number of benzene rings is 1. The minimum atomic E-state index is -2.60. The van der Waals surface area contributed by atoms with Crippen LogP contribution in [-0.4, -0.2) is 39.4 Å². The van der Waals surface area contributed by atoms with Crippen molar-refractivity contribution in [2.45, 2.75) is 31.7 Å². The van der Waals surface area contributed by atoms with E-state index in [1.807, 2.05) is 33.7 Å². The number of imidazole rings is 1. The van der Waals surface area contributed by atoms with Crippen LogP contribution in [0.4, 0.5) is 14.7 Å². The van der Waals surface area contributed by atoms with Crippen molar-refractivity contribution in [1.82, 2.24) is 14.5 Å². The molecule has 1 N–H and O–H groups in total. The Balaban J connectivity index is 1.39. The fraction of sp³-hybridized carbons (Fsp3) is 0.348. The summed E-state index contributed by atoms with van der Waals surface area (Å²) in [5.41, 5.74) is 1.76. The van der Waals surface area contributed by atoms with Gasteiger partial charge < -0.3 is 9.47 Å². The van der Waals surface area contributed by atoms with Gasteiger partial charge in [0.15, 0.2) is 0 Å². The molecule has 0 unspecified atom stereocenters. The van der Waals surface area contributed by atoms with Crippen molar-refractivity contribution in [1.29, 1.82) is 0 Å². The molecule has 1 aromatic carbocycles. The summed E-state index contributed by atoms with van der Waals surface area (Å²) in [5.74, 6) is -0.0679. The molecule has 2 fully saturated rings. The molecule has 6 nitrogen and oxygen atoms in total. The van der Waals surface area contributed by atoms with Gasteiger partial charge in [0.2, 0.25) is 11.9 Å². The Labute approximate surface area is 187 Å². The highest BCUT2D eigenvalue weighted by molar-refractivity contribution is 7.14. The molecule has 2 aromatic heterocycles. The lowest BCUT2D eigenvalue weighted by atomic mass is 9.65. The van der Waals surface area contributed by atoms with Crippen molar-refractivity contribution in [2.24, 2.45) is 5.41 Å². The van der Waals surface area contributed by atoms with Crippen LogP contribution < -0.4 is 5.32 Å². The summed E-state index contributed by atoms with van der Waals surface area (Å²) in [6.45, 7) is 5.03. The first-order valence-corrected chi connectivity index (χ1v) is 11.3. The number of amides is 2. The second kappa shape index (κ2) is 7.81. The van der Waals surface area contributed by atoms with Gasteiger partial charge in [0.1, 0.15) is 0 Å². The van der Waals surface area contributed by atoms with Gasteiger partial charge in [-0.2, -0.15) is 0 Å². The third-order valence-electron chi connectivity index (χ3n) is 6.51. The average Bonchev–Trinajstić information content (AvgIpc) is 3.48. The van der Waals surface area contributed by atoms with Crippen LogP contribution in [0.25, 0.3) is 11.0 Å². The van der Waals surface area contributed by atoms with Gasteiger partial charge in [0.05, 0.1) is 20.8 Å². The fourth-order valence-corrected chi connectivity index (χ4v) is 5.72. The van der Waals surface area contributed by atoms with Crippen molar-refractivity contribution >= 4 is 40.1 Å². The van der Waals surface area contributed by atoms with Gasteiger partial charge in [0.25, 0.3) is 12.3 Å². The zero-order chi connectivity index (χ0) is 22.5. The van der Waals surface area contributed by atoms with Crippen LogP contribution in [0.1, 0.15) is 46.3 Å². The minimum Gasteiger partial charge on any atom is -0.339 e. The molecule has 0 atom stereocenters. The Hall–Kier alpha value is -3.07. The Morgan fingerprint density at radius 3 is 2.75 bits per heavy atom. The number of thiophene rings is 1. The van der Waals surface area contributed by atoms with Gasteiger partial charge in [0, 0.05) is 19.1 Å². The highest BCUT2D eigenvalue weighted by Gasteiger charge is 2.50. The number of para-hydroxylation sites is 2. The topological polar surface area (TPSA) is 67.2 Å². The van der Waals surface area contributed by atoms with Crippen molar-refractivity contribution in [2.75, 3.05) is 18.4 Å². The molecular formula is C23H22F2N4O2S. The third-order valence-corrected chi connectivity index (χ3v) is 7.61. The van der Waals surface area contributed by atoms with Gasteiger partial charge in [-0.1, -0.05) is 18.7 Å². The summed E-state index contributed by atoms with van der Waals surface area (Å²) >= 11 is 0.785. The number of hydrogen-bond acceptors (Lipinski definition) is 4. The number of rotatable bonds is 5. The molecule has 5 rings (SSSR count). The fourth-order valence-electron chi connectivity index (χ4n) is 4.97. The second-order valence-electron chi connectivity index (χ2n) is 8.53. The van der Waals surface area contributed by atoms with E-state index in [9.17, 15) is 18.4 Å². The second-order valence-corrected chi connectivity index (χ2v) is 9.64. The molecule has 3 heterocycles. The Morgan fingerprint density at radius 2 is 2.03 bits per heavy atom. The number of aromatic nitrogens is 2. The predicted octanol–water partition coefficient (Wildman–Crippen LogP) is 5.03. The van der Waals surface area contributed by atoms with Crippen LogP contribution in [0.5, 0.6) is 0 Å². The lowest BCUT2D eigenvalue weighted by Gasteiger charge is -2.46. The van der Waals surface area contributed by atoms with Crippen molar-refractivity contribution in [3.63, 3.8) is 0 Å². The largest absolute Gasteiger partial charge is 0.339 e. The maximum atomic E-state index is 12.9. The molecule has 1 aliphatic carbocycles. The Bertz CT molecular complexity index is 1210. The standard InChI is InChI=1S/C23H22F2N4O2S/c1-2-19(30)28-10-9-23(13-28)11-14(12-23)29-16-6-4-3-5-15(16)26-22(29)27-21(31)18-8-7-17(32-18)20(24)25/h2-8,14,20H,1,9-13H2,(H,26,27,31)/t14-,23-. The number of likely N-dealkylation sites (tertiary alicyclic amines) is 1. The molecule has 9 heteroatoms. The molecule has 1 saturated heterocycles. The summed E-state index contributed by atoms with van der Waals surface area (Å²) in [6.07, 6.45) is 1.47. The minimum absolute atomic E-state index is 0.0366. The highest BCUT2D eigenvalue weighted by atomic mass is 32.1. The quantitative estimate of drug-likeness (QED) is 0.548. The molecule has 3 aromatic rings. The first-order valence-electron chi connectivity index (χ1n) is 10.5. The lowest BCUT2D eigenvalue weighted by Crippen LogP contribution is -2.42. The molecule has 32 heavy (non-hydrogen) atoms.